The predicted molar refractivity (Wildman–Crippen MR) is 107 cm³/mol. The van der Waals surface area contributed by atoms with Crippen molar-refractivity contribution in [2.45, 2.75) is 37.6 Å². The first kappa shape index (κ1) is 23.9. The van der Waals surface area contributed by atoms with Crippen molar-refractivity contribution in [2.24, 2.45) is 0 Å². The molecule has 1 N–H and O–H groups in total. The number of alkyl halides is 3. The molecule has 9 heteroatoms. The molecular formula is C21H23F3O5S. The molecule has 0 radical (unpaired) electrons. The van der Waals surface area contributed by atoms with E-state index in [0.29, 0.717) is 18.1 Å². The van der Waals surface area contributed by atoms with Gasteiger partial charge in [0.2, 0.25) is 0 Å². The van der Waals surface area contributed by atoms with Gasteiger partial charge in [-0.15, -0.1) is 11.8 Å². The number of hydrogen-bond acceptors (Lipinski definition) is 5. The minimum absolute atomic E-state index is 0.00530. The number of ether oxygens (including phenoxy) is 3. The van der Waals surface area contributed by atoms with Gasteiger partial charge in [-0.25, -0.2) is 4.79 Å². The fraction of sp³-hybridized carbons (Fsp3) is 0.381. The first-order chi connectivity index (χ1) is 14.2. The van der Waals surface area contributed by atoms with E-state index in [-0.39, 0.29) is 19.3 Å². The lowest BCUT2D eigenvalue weighted by molar-refractivity contribution is -0.137. The molecule has 0 amide bonds. The van der Waals surface area contributed by atoms with Crippen molar-refractivity contribution in [2.75, 3.05) is 19.0 Å². The smallest absolute Gasteiger partial charge is 0.491 e. The summed E-state index contributed by atoms with van der Waals surface area (Å²) in [5.74, 6) is 0.926. The van der Waals surface area contributed by atoms with E-state index in [1.165, 1.54) is 12.1 Å². The van der Waals surface area contributed by atoms with Crippen molar-refractivity contribution in [3.8, 4) is 5.75 Å². The number of hydrogen-bond donors (Lipinski definition) is 1. The monoisotopic (exact) mass is 444 g/mol. The van der Waals surface area contributed by atoms with Crippen LogP contribution in [0.4, 0.5) is 18.0 Å². The summed E-state index contributed by atoms with van der Waals surface area (Å²) in [6.07, 6.45) is -5.95. The maximum Gasteiger partial charge on any atom is 0.506 e. The summed E-state index contributed by atoms with van der Waals surface area (Å²) in [6.45, 7) is 4.41. The lowest BCUT2D eigenvalue weighted by Gasteiger charge is -2.18. The summed E-state index contributed by atoms with van der Waals surface area (Å²) < 4.78 is 53.7. The predicted octanol–water partition coefficient (Wildman–Crippen LogP) is 5.78. The Bertz CT molecular complexity index is 824. The normalized spacial score (nSPS) is 12.4. The number of carbonyl (C=O) groups is 1. The Morgan fingerprint density at radius 1 is 1.17 bits per heavy atom. The van der Waals surface area contributed by atoms with E-state index in [9.17, 15) is 18.0 Å². The molecule has 5 nitrogen and oxygen atoms in total. The standard InChI is InChI=1S/C21H23F3O5S/c1-3-27-18(12-28-17-7-5-16(6-8-17)21(22,23)24)13-30-19-9-4-15(14(2)10-19)11-29-20(25)26/h4-10,18H,3,11-13H2,1-2H3,(H,25,26)/t18-/m1/s1. The van der Waals surface area contributed by atoms with Crippen molar-refractivity contribution in [3.63, 3.8) is 0 Å². The molecular weight excluding hydrogens is 421 g/mol. The molecule has 0 fully saturated rings. The Morgan fingerprint density at radius 3 is 2.43 bits per heavy atom. The molecule has 164 valence electrons. The van der Waals surface area contributed by atoms with E-state index < -0.39 is 17.9 Å². The summed E-state index contributed by atoms with van der Waals surface area (Å²) in [7, 11) is 0. The van der Waals surface area contributed by atoms with Crippen molar-refractivity contribution in [1.29, 1.82) is 0 Å². The van der Waals surface area contributed by atoms with E-state index in [1.54, 1.807) is 11.8 Å². The third-order valence-corrected chi connectivity index (χ3v) is 5.25. The molecule has 0 unspecified atom stereocenters. The van der Waals surface area contributed by atoms with Crippen LogP contribution >= 0.6 is 11.8 Å². The van der Waals surface area contributed by atoms with Gasteiger partial charge in [0, 0.05) is 17.3 Å². The van der Waals surface area contributed by atoms with E-state index >= 15 is 0 Å². The van der Waals surface area contributed by atoms with Crippen LogP contribution in [0.15, 0.2) is 47.4 Å². The molecule has 2 aromatic rings. The highest BCUT2D eigenvalue weighted by Gasteiger charge is 2.30. The highest BCUT2D eigenvalue weighted by Crippen LogP contribution is 2.30. The molecule has 0 aliphatic rings. The average molecular weight is 444 g/mol. The minimum atomic E-state index is -4.38. The Hall–Kier alpha value is -2.39. The van der Waals surface area contributed by atoms with E-state index in [1.807, 2.05) is 32.0 Å². The van der Waals surface area contributed by atoms with Crippen LogP contribution in [0.5, 0.6) is 5.75 Å². The lowest BCUT2D eigenvalue weighted by Crippen LogP contribution is -2.24. The molecule has 30 heavy (non-hydrogen) atoms. The Labute approximate surface area is 177 Å². The van der Waals surface area contributed by atoms with Gasteiger partial charge >= 0.3 is 12.3 Å². The number of rotatable bonds is 10. The molecule has 0 heterocycles. The summed E-state index contributed by atoms with van der Waals surface area (Å²) in [5, 5.41) is 8.60. The largest absolute Gasteiger partial charge is 0.506 e. The number of aryl methyl sites for hydroxylation is 1. The van der Waals surface area contributed by atoms with Crippen LogP contribution in [-0.4, -0.2) is 36.3 Å². The van der Waals surface area contributed by atoms with Crippen LogP contribution in [-0.2, 0) is 22.3 Å². The lowest BCUT2D eigenvalue weighted by atomic mass is 10.1. The molecule has 2 aromatic carbocycles. The Balaban J connectivity index is 1.89. The fourth-order valence-electron chi connectivity index (χ4n) is 2.56. The molecule has 0 saturated heterocycles. The number of benzene rings is 2. The van der Waals surface area contributed by atoms with Crippen LogP contribution in [0.2, 0.25) is 0 Å². The third kappa shape index (κ3) is 7.79. The third-order valence-electron chi connectivity index (χ3n) is 4.12. The van der Waals surface area contributed by atoms with Crippen LogP contribution in [0, 0.1) is 6.92 Å². The number of carboxylic acid groups (broad SMARTS) is 1. The van der Waals surface area contributed by atoms with Gasteiger partial charge in [-0.05, 0) is 61.4 Å². The maximum absolute atomic E-state index is 12.6. The Kier molecular flexibility index (Phi) is 8.86. The zero-order valence-electron chi connectivity index (χ0n) is 16.6. The van der Waals surface area contributed by atoms with Gasteiger partial charge in [0.15, 0.2) is 0 Å². The van der Waals surface area contributed by atoms with Gasteiger partial charge in [-0.3, -0.25) is 0 Å². The summed E-state index contributed by atoms with van der Waals surface area (Å²) in [6, 6.07) is 10.2. The van der Waals surface area contributed by atoms with E-state index in [2.05, 4.69) is 4.74 Å². The molecule has 0 spiro atoms. The van der Waals surface area contributed by atoms with Gasteiger partial charge in [-0.1, -0.05) is 6.07 Å². The van der Waals surface area contributed by atoms with E-state index in [4.69, 9.17) is 14.6 Å². The summed E-state index contributed by atoms with van der Waals surface area (Å²) in [4.78, 5) is 11.5. The van der Waals surface area contributed by atoms with Crippen molar-refractivity contribution < 1.29 is 37.3 Å². The quantitative estimate of drug-likeness (QED) is 0.370. The highest BCUT2D eigenvalue weighted by molar-refractivity contribution is 7.99. The average Bonchev–Trinajstić information content (AvgIpc) is 2.69. The zero-order valence-corrected chi connectivity index (χ0v) is 17.4. The summed E-state index contributed by atoms with van der Waals surface area (Å²) in [5.41, 5.74) is 0.975. The second-order valence-electron chi connectivity index (χ2n) is 6.36. The zero-order chi connectivity index (χ0) is 22.1. The van der Waals surface area contributed by atoms with Gasteiger partial charge in [0.1, 0.15) is 25.1 Å². The number of thioether (sulfide) groups is 1. The second kappa shape index (κ2) is 11.1. The SMILES string of the molecule is CCO[C@H](COc1ccc(C(F)(F)F)cc1)CSc1ccc(COC(=O)O)c(C)c1. The summed E-state index contributed by atoms with van der Waals surface area (Å²) >= 11 is 1.55. The topological polar surface area (TPSA) is 65.0 Å². The molecule has 1 atom stereocenters. The van der Waals surface area contributed by atoms with E-state index in [0.717, 1.165) is 28.2 Å². The first-order valence-electron chi connectivity index (χ1n) is 9.18. The van der Waals surface area contributed by atoms with Crippen LogP contribution < -0.4 is 4.74 Å². The van der Waals surface area contributed by atoms with Crippen molar-refractivity contribution >= 4 is 17.9 Å². The molecule has 2 rings (SSSR count). The first-order valence-corrected chi connectivity index (χ1v) is 10.2. The van der Waals surface area contributed by atoms with Crippen LogP contribution in [0.3, 0.4) is 0 Å². The van der Waals surface area contributed by atoms with Crippen molar-refractivity contribution in [3.05, 3.63) is 59.2 Å². The molecule has 0 saturated carbocycles. The maximum atomic E-state index is 12.6. The van der Waals surface area contributed by atoms with Gasteiger partial charge in [-0.2, -0.15) is 13.2 Å². The molecule has 0 aliphatic heterocycles. The molecule has 0 aromatic heterocycles. The van der Waals surface area contributed by atoms with Gasteiger partial charge in [0.25, 0.3) is 0 Å². The van der Waals surface area contributed by atoms with Crippen LogP contribution in [0.25, 0.3) is 0 Å². The molecule has 0 aliphatic carbocycles. The highest BCUT2D eigenvalue weighted by atomic mass is 32.2. The minimum Gasteiger partial charge on any atom is -0.491 e. The van der Waals surface area contributed by atoms with Gasteiger partial charge < -0.3 is 19.3 Å². The number of halogens is 3. The van der Waals surface area contributed by atoms with Crippen LogP contribution in [0.1, 0.15) is 23.6 Å². The molecule has 0 bridgehead atoms. The van der Waals surface area contributed by atoms with Gasteiger partial charge in [0.05, 0.1) is 5.56 Å². The second-order valence-corrected chi connectivity index (χ2v) is 7.46. The Morgan fingerprint density at radius 2 is 1.87 bits per heavy atom. The van der Waals surface area contributed by atoms with Crippen molar-refractivity contribution in [1.82, 2.24) is 0 Å². The fourth-order valence-corrected chi connectivity index (χ4v) is 3.55.